The van der Waals surface area contributed by atoms with Crippen LogP contribution in [0, 0.1) is 27.7 Å². The van der Waals surface area contributed by atoms with Gasteiger partial charge in [-0.3, -0.25) is 4.98 Å². The van der Waals surface area contributed by atoms with Gasteiger partial charge in [0, 0.05) is 51.5 Å². The molecular weight excluding hydrogens is 923 g/mol. The van der Waals surface area contributed by atoms with Gasteiger partial charge in [-0.05, 0) is 146 Å². The first-order chi connectivity index (χ1) is 37.3. The lowest BCUT2D eigenvalue weighted by Gasteiger charge is -2.35. The zero-order chi connectivity index (χ0) is 52.6. The van der Waals surface area contributed by atoms with Gasteiger partial charge in [0.15, 0.2) is 0 Å². The third kappa shape index (κ3) is 9.90. The quantitative estimate of drug-likeness (QED) is 0.165. The molecule has 4 heteroatoms. The number of aromatic nitrogens is 1. The molecule has 0 saturated carbocycles. The van der Waals surface area contributed by atoms with Crippen molar-refractivity contribution in [1.82, 2.24) is 4.98 Å². The van der Waals surface area contributed by atoms with Crippen LogP contribution in [-0.2, 0) is 5.41 Å². The number of para-hydroxylation sites is 1. The average Bonchev–Trinajstić information content (AvgIpc) is 4.02. The van der Waals surface area contributed by atoms with Gasteiger partial charge in [-0.1, -0.05) is 206 Å². The van der Waals surface area contributed by atoms with Crippen molar-refractivity contribution in [2.45, 2.75) is 53.9 Å². The van der Waals surface area contributed by atoms with Crippen LogP contribution in [-0.4, -0.2) is 11.5 Å². The van der Waals surface area contributed by atoms with E-state index < -0.39 is 5.41 Å². The van der Waals surface area contributed by atoms with Crippen molar-refractivity contribution in [1.29, 1.82) is 0 Å². The second-order valence-electron chi connectivity index (χ2n) is 19.3. The number of aryl methyl sites for hydroxylation is 4. The van der Waals surface area contributed by atoms with Gasteiger partial charge >= 0.3 is 0 Å². The zero-order valence-corrected chi connectivity index (χ0v) is 44.7. The molecule has 1 aliphatic carbocycles. The third-order valence-corrected chi connectivity index (χ3v) is 14.3. The van der Waals surface area contributed by atoms with E-state index in [1.807, 2.05) is 56.4 Å². The van der Waals surface area contributed by atoms with Crippen LogP contribution in [0.15, 0.2) is 253 Å². The van der Waals surface area contributed by atoms with Gasteiger partial charge in [-0.2, -0.15) is 0 Å². The van der Waals surface area contributed by atoms with Crippen LogP contribution in [0.5, 0.6) is 0 Å². The van der Waals surface area contributed by atoms with Gasteiger partial charge in [0.1, 0.15) is 11.2 Å². The summed E-state index contributed by atoms with van der Waals surface area (Å²) in [6, 6.07) is 87.2. The Morgan fingerprint density at radius 3 is 1.61 bits per heavy atom. The van der Waals surface area contributed by atoms with Crippen LogP contribution >= 0.6 is 0 Å². The number of nitrogens with zero attached hydrogens (tertiary/aromatic N) is 2. The van der Waals surface area contributed by atoms with Crippen molar-refractivity contribution in [2.75, 3.05) is 16.8 Å². The Morgan fingerprint density at radius 1 is 0.447 bits per heavy atom. The molecule has 0 fully saturated rings. The molecule has 0 atom stereocenters. The van der Waals surface area contributed by atoms with E-state index in [1.54, 1.807) is 0 Å². The number of furan rings is 1. The van der Waals surface area contributed by atoms with Crippen LogP contribution in [0.3, 0.4) is 0 Å². The standard InChI is InChI=1S/C48H36N2.C13H10O.C9H13N.C2H6/c1-33-20-25-38(26-21-33)50(39-27-23-35(24-28-39)45-19-11-12-30-49-45)46-32-44-47(41-18-10-9-17-40(41)46)42-29-22-34(2)31-43(42)48(44,36-13-5-3-6-14-36)37-15-7-4-8-16-37;1-9-6-7-13-11(8-9)10-4-2-3-5-12(10)14-13;1-3-10-9-6-4-8(2)5-7-9;1-2/h3-32H,1-2H3;2-8H,1H3;4-7,10H,3H2,1-2H3;1-2H3. The molecule has 4 nitrogen and oxygen atoms in total. The number of fused-ring (bicyclic) bond motifs is 8. The Kier molecular flexibility index (Phi) is 15.1. The van der Waals surface area contributed by atoms with Crippen molar-refractivity contribution in [3.8, 4) is 22.4 Å². The normalized spacial score (nSPS) is 11.8. The molecule has 13 rings (SSSR count). The third-order valence-electron chi connectivity index (χ3n) is 14.3. The van der Waals surface area contributed by atoms with E-state index in [1.165, 1.54) is 82.9 Å². The van der Waals surface area contributed by atoms with E-state index in [9.17, 15) is 0 Å². The number of rotatable bonds is 8. The smallest absolute Gasteiger partial charge is 0.135 e. The second kappa shape index (κ2) is 22.6. The highest BCUT2D eigenvalue weighted by Crippen LogP contribution is 2.60. The Balaban J connectivity index is 0.000000205. The van der Waals surface area contributed by atoms with Gasteiger partial charge in [-0.15, -0.1) is 0 Å². The maximum absolute atomic E-state index is 5.71. The maximum Gasteiger partial charge on any atom is 0.135 e. The molecule has 0 spiro atoms. The molecule has 374 valence electrons. The van der Waals surface area contributed by atoms with E-state index in [4.69, 9.17) is 4.42 Å². The van der Waals surface area contributed by atoms with Gasteiger partial charge < -0.3 is 14.6 Å². The lowest BCUT2D eigenvalue weighted by atomic mass is 9.67. The number of pyridine rings is 1. The van der Waals surface area contributed by atoms with Crippen molar-refractivity contribution in [3.05, 3.63) is 293 Å². The first-order valence-electron chi connectivity index (χ1n) is 26.7. The topological polar surface area (TPSA) is 41.3 Å². The minimum Gasteiger partial charge on any atom is -0.456 e. The van der Waals surface area contributed by atoms with E-state index in [-0.39, 0.29) is 0 Å². The lowest BCUT2D eigenvalue weighted by Crippen LogP contribution is -2.29. The fraction of sp³-hybridized carbons (Fsp3) is 0.125. The molecule has 10 aromatic carbocycles. The Bertz CT molecular complexity index is 3820. The van der Waals surface area contributed by atoms with Gasteiger partial charge in [0.05, 0.1) is 16.8 Å². The molecule has 2 aromatic heterocycles. The van der Waals surface area contributed by atoms with Crippen molar-refractivity contribution >= 4 is 55.5 Å². The number of anilines is 4. The number of hydrogen-bond donors (Lipinski definition) is 1. The Labute approximate surface area is 449 Å². The van der Waals surface area contributed by atoms with Gasteiger partial charge in [-0.25, -0.2) is 0 Å². The molecule has 2 heterocycles. The summed E-state index contributed by atoms with van der Waals surface area (Å²) in [5.41, 5.74) is 20.9. The summed E-state index contributed by atoms with van der Waals surface area (Å²) in [6.45, 7) is 15.6. The highest BCUT2D eigenvalue weighted by Gasteiger charge is 2.47. The summed E-state index contributed by atoms with van der Waals surface area (Å²) >= 11 is 0. The van der Waals surface area contributed by atoms with Crippen LogP contribution in [0.25, 0.3) is 55.1 Å². The Hall–Kier alpha value is -8.99. The predicted octanol–water partition coefficient (Wildman–Crippen LogP) is 19.7. The molecule has 0 aliphatic heterocycles. The largest absolute Gasteiger partial charge is 0.456 e. The maximum atomic E-state index is 5.71. The summed E-state index contributed by atoms with van der Waals surface area (Å²) in [4.78, 5) is 7.05. The molecule has 1 aliphatic rings. The summed E-state index contributed by atoms with van der Waals surface area (Å²) in [5.74, 6) is 0. The minimum atomic E-state index is -0.514. The summed E-state index contributed by atoms with van der Waals surface area (Å²) in [6.07, 6.45) is 1.85. The average molecular weight is 988 g/mol. The summed E-state index contributed by atoms with van der Waals surface area (Å²) in [5, 5.41) is 8.11. The molecule has 0 saturated heterocycles. The summed E-state index contributed by atoms with van der Waals surface area (Å²) < 4.78 is 5.71. The Morgan fingerprint density at radius 2 is 0.974 bits per heavy atom. The number of nitrogens with one attached hydrogen (secondary N) is 1. The van der Waals surface area contributed by atoms with Crippen LogP contribution in [0.1, 0.15) is 65.3 Å². The number of hydrogen-bond acceptors (Lipinski definition) is 4. The fourth-order valence-electron chi connectivity index (χ4n) is 10.8. The number of benzene rings is 10. The highest BCUT2D eigenvalue weighted by molar-refractivity contribution is 6.11. The van der Waals surface area contributed by atoms with Crippen molar-refractivity contribution < 1.29 is 4.42 Å². The first-order valence-corrected chi connectivity index (χ1v) is 26.7. The van der Waals surface area contributed by atoms with Gasteiger partial charge in [0.25, 0.3) is 0 Å². The second-order valence-corrected chi connectivity index (χ2v) is 19.3. The molecule has 76 heavy (non-hydrogen) atoms. The predicted molar refractivity (Wildman–Crippen MR) is 324 cm³/mol. The lowest BCUT2D eigenvalue weighted by molar-refractivity contribution is 0.669. The molecule has 0 unspecified atom stereocenters. The molecule has 0 radical (unpaired) electrons. The van der Waals surface area contributed by atoms with E-state index in [2.05, 4.69) is 256 Å². The molecular formula is C72H65N3O. The van der Waals surface area contributed by atoms with E-state index >= 15 is 0 Å². The first kappa shape index (κ1) is 50.5. The van der Waals surface area contributed by atoms with Crippen molar-refractivity contribution in [2.24, 2.45) is 0 Å². The van der Waals surface area contributed by atoms with Gasteiger partial charge in [0.2, 0.25) is 0 Å². The SMILES string of the molecule is CC.CCNc1ccc(C)cc1.Cc1ccc(N(c2ccc(-c3ccccn3)cc2)c2cc3c(c4ccccc24)-c2ccc(C)cc2C3(c2ccccc2)c2ccccc2)cc1.Cc1ccc2oc3ccccc3c2c1. The monoisotopic (exact) mass is 988 g/mol. The molecule has 1 N–H and O–H groups in total. The van der Waals surface area contributed by atoms with E-state index in [0.29, 0.717) is 0 Å². The fourth-order valence-corrected chi connectivity index (χ4v) is 10.8. The molecule has 0 amide bonds. The molecule has 0 bridgehead atoms. The van der Waals surface area contributed by atoms with E-state index in [0.717, 1.165) is 46.0 Å². The summed E-state index contributed by atoms with van der Waals surface area (Å²) in [7, 11) is 0. The highest BCUT2D eigenvalue weighted by atomic mass is 16.3. The minimum absolute atomic E-state index is 0.514. The van der Waals surface area contributed by atoms with Crippen LogP contribution in [0.4, 0.5) is 22.7 Å². The van der Waals surface area contributed by atoms with Crippen LogP contribution in [0.2, 0.25) is 0 Å². The van der Waals surface area contributed by atoms with Crippen molar-refractivity contribution in [3.63, 3.8) is 0 Å². The zero-order valence-electron chi connectivity index (χ0n) is 44.7. The van der Waals surface area contributed by atoms with Crippen LogP contribution < -0.4 is 10.2 Å². The molecule has 12 aromatic rings.